The molecule has 0 spiro atoms. The molecule has 4 aliphatic carbocycles. The third kappa shape index (κ3) is 4.48. The summed E-state index contributed by atoms with van der Waals surface area (Å²) in [6.45, 7) is 6.14. The SMILES string of the molecule is CC(CCC(=O)OC(C)C(C)(F)F)[C@H]1CC[C@@H]2[C@@H]1C(=O)C[C@H]1[C@H]2C(=O)C[C@@H]2CC(=O)CC[C@@]21C. The van der Waals surface area contributed by atoms with Crippen LogP contribution in [0.3, 0.4) is 0 Å². The number of alkyl halides is 2. The minimum Gasteiger partial charge on any atom is -0.456 e. The molecule has 190 valence electrons. The molecule has 0 aromatic rings. The Morgan fingerprint density at radius 1 is 1.09 bits per heavy atom. The van der Waals surface area contributed by atoms with Crippen molar-refractivity contribution in [1.82, 2.24) is 0 Å². The smallest absolute Gasteiger partial charge is 0.306 e. The van der Waals surface area contributed by atoms with Gasteiger partial charge in [-0.2, -0.15) is 0 Å². The second-order valence-corrected chi connectivity index (χ2v) is 12.0. The predicted molar refractivity (Wildman–Crippen MR) is 121 cm³/mol. The average Bonchev–Trinajstić information content (AvgIpc) is 3.19. The molecule has 7 heteroatoms. The van der Waals surface area contributed by atoms with Gasteiger partial charge in [0.15, 0.2) is 6.10 Å². The van der Waals surface area contributed by atoms with Crippen molar-refractivity contribution in [2.24, 2.45) is 46.8 Å². The van der Waals surface area contributed by atoms with Crippen LogP contribution >= 0.6 is 0 Å². The predicted octanol–water partition coefficient (Wildman–Crippen LogP) is 5.19. The summed E-state index contributed by atoms with van der Waals surface area (Å²) in [5, 5.41) is 0. The van der Waals surface area contributed by atoms with Gasteiger partial charge in [0.2, 0.25) is 0 Å². The molecule has 4 rings (SSSR count). The van der Waals surface area contributed by atoms with Crippen LogP contribution in [0.1, 0.15) is 85.5 Å². The third-order valence-corrected chi connectivity index (χ3v) is 10.0. The Morgan fingerprint density at radius 3 is 2.44 bits per heavy atom. The van der Waals surface area contributed by atoms with Crippen LogP contribution in [0, 0.1) is 46.8 Å². The maximum atomic E-state index is 13.5. The van der Waals surface area contributed by atoms with Crippen LogP contribution in [0.25, 0.3) is 0 Å². The number of ketones is 3. The number of carbonyl (C=O) groups is 4. The highest BCUT2D eigenvalue weighted by molar-refractivity contribution is 5.91. The Hall–Kier alpha value is -1.66. The molecule has 2 unspecified atom stereocenters. The van der Waals surface area contributed by atoms with Crippen LogP contribution < -0.4 is 0 Å². The Kier molecular flexibility index (Phi) is 6.80. The molecule has 9 atom stereocenters. The van der Waals surface area contributed by atoms with Crippen molar-refractivity contribution >= 4 is 23.3 Å². The molecular weight excluding hydrogens is 442 g/mol. The van der Waals surface area contributed by atoms with Crippen LogP contribution in [0.2, 0.25) is 0 Å². The molecule has 4 aliphatic rings. The lowest BCUT2D eigenvalue weighted by atomic mass is 9.46. The van der Waals surface area contributed by atoms with Crippen molar-refractivity contribution in [3.63, 3.8) is 0 Å². The second kappa shape index (κ2) is 9.09. The molecule has 4 saturated carbocycles. The quantitative estimate of drug-likeness (QED) is 0.489. The third-order valence-electron chi connectivity index (χ3n) is 10.0. The van der Waals surface area contributed by atoms with E-state index in [1.165, 1.54) is 6.92 Å². The van der Waals surface area contributed by atoms with Crippen LogP contribution in [0.15, 0.2) is 0 Å². The van der Waals surface area contributed by atoms with Gasteiger partial charge in [0, 0.05) is 50.9 Å². The molecule has 0 saturated heterocycles. The average molecular weight is 481 g/mol. The van der Waals surface area contributed by atoms with Gasteiger partial charge in [0.1, 0.15) is 17.3 Å². The van der Waals surface area contributed by atoms with Gasteiger partial charge >= 0.3 is 5.97 Å². The number of Topliss-reactive ketones (excluding diaryl/α,β-unsaturated/α-hetero) is 3. The molecule has 34 heavy (non-hydrogen) atoms. The maximum Gasteiger partial charge on any atom is 0.306 e. The van der Waals surface area contributed by atoms with Crippen molar-refractivity contribution < 1.29 is 32.7 Å². The summed E-state index contributed by atoms with van der Waals surface area (Å²) >= 11 is 0. The lowest BCUT2D eigenvalue weighted by Gasteiger charge is -2.56. The highest BCUT2D eigenvalue weighted by atomic mass is 19.3. The second-order valence-electron chi connectivity index (χ2n) is 12.0. The van der Waals surface area contributed by atoms with Gasteiger partial charge < -0.3 is 4.74 Å². The van der Waals surface area contributed by atoms with Crippen LogP contribution in [-0.4, -0.2) is 35.3 Å². The number of hydrogen-bond donors (Lipinski definition) is 0. The monoisotopic (exact) mass is 480 g/mol. The Morgan fingerprint density at radius 2 is 1.76 bits per heavy atom. The summed E-state index contributed by atoms with van der Waals surface area (Å²) in [5.74, 6) is -2.99. The highest BCUT2D eigenvalue weighted by Gasteiger charge is 2.61. The number of ether oxygens (including phenoxy) is 1. The van der Waals surface area contributed by atoms with Crippen LogP contribution in [-0.2, 0) is 23.9 Å². The fourth-order valence-electron chi connectivity index (χ4n) is 7.78. The van der Waals surface area contributed by atoms with E-state index >= 15 is 0 Å². The number of halogens is 2. The van der Waals surface area contributed by atoms with Gasteiger partial charge in [-0.15, -0.1) is 0 Å². The minimum absolute atomic E-state index is 0.0295. The van der Waals surface area contributed by atoms with E-state index < -0.39 is 18.0 Å². The fourth-order valence-corrected chi connectivity index (χ4v) is 7.78. The molecule has 0 aliphatic heterocycles. The first-order chi connectivity index (χ1) is 15.8. The van der Waals surface area contributed by atoms with Gasteiger partial charge in [-0.3, -0.25) is 19.2 Å². The van der Waals surface area contributed by atoms with Crippen molar-refractivity contribution in [2.75, 3.05) is 0 Å². The van der Waals surface area contributed by atoms with E-state index in [1.54, 1.807) is 0 Å². The molecule has 4 fully saturated rings. The molecule has 0 radical (unpaired) electrons. The molecule has 0 aromatic carbocycles. The molecule has 0 bridgehead atoms. The zero-order valence-corrected chi connectivity index (χ0v) is 20.8. The zero-order valence-electron chi connectivity index (χ0n) is 20.8. The van der Waals surface area contributed by atoms with E-state index in [0.717, 1.165) is 26.2 Å². The summed E-state index contributed by atoms with van der Waals surface area (Å²) in [4.78, 5) is 50.9. The van der Waals surface area contributed by atoms with Gasteiger partial charge in [-0.05, 0) is 67.6 Å². The lowest BCUT2D eigenvalue weighted by Crippen LogP contribution is -2.57. The summed E-state index contributed by atoms with van der Waals surface area (Å²) < 4.78 is 31.5. The summed E-state index contributed by atoms with van der Waals surface area (Å²) in [7, 11) is 0. The molecule has 5 nitrogen and oxygen atoms in total. The summed E-state index contributed by atoms with van der Waals surface area (Å²) in [5.41, 5.74) is -0.126. The summed E-state index contributed by atoms with van der Waals surface area (Å²) in [6, 6.07) is 0. The molecule has 0 N–H and O–H groups in total. The first kappa shape index (κ1) is 25.4. The first-order valence-corrected chi connectivity index (χ1v) is 13.0. The topological polar surface area (TPSA) is 77.5 Å². The Balaban J connectivity index is 1.43. The largest absolute Gasteiger partial charge is 0.456 e. The highest BCUT2D eigenvalue weighted by Crippen LogP contribution is 2.62. The Labute approximate surface area is 200 Å². The number of esters is 1. The maximum absolute atomic E-state index is 13.5. The van der Waals surface area contributed by atoms with E-state index in [4.69, 9.17) is 4.74 Å². The van der Waals surface area contributed by atoms with E-state index in [2.05, 4.69) is 6.92 Å². The van der Waals surface area contributed by atoms with Gasteiger partial charge in [-0.25, -0.2) is 8.78 Å². The van der Waals surface area contributed by atoms with E-state index in [1.807, 2.05) is 6.92 Å². The van der Waals surface area contributed by atoms with Crippen molar-refractivity contribution in [1.29, 1.82) is 0 Å². The number of fused-ring (bicyclic) bond motifs is 5. The fraction of sp³-hybridized carbons (Fsp3) is 0.852. The Bertz CT molecular complexity index is 864. The van der Waals surface area contributed by atoms with E-state index in [-0.39, 0.29) is 70.6 Å². The minimum atomic E-state index is -3.08. The zero-order chi connectivity index (χ0) is 25.0. The van der Waals surface area contributed by atoms with Crippen molar-refractivity contribution in [3.05, 3.63) is 0 Å². The number of hydrogen-bond acceptors (Lipinski definition) is 5. The lowest BCUT2D eigenvalue weighted by molar-refractivity contribution is -0.167. The summed E-state index contributed by atoms with van der Waals surface area (Å²) in [6.07, 6.45) is 3.37. The number of rotatable bonds is 6. The van der Waals surface area contributed by atoms with Crippen LogP contribution in [0.4, 0.5) is 8.78 Å². The standard InChI is InChI=1S/C27H38F2O5/c1-14(5-8-23(33)34-15(2)27(4,28)29)18-6-7-19-24(18)22(32)13-20-25(19)21(31)12-16-11-17(30)9-10-26(16,20)3/h14-16,18-20,24-25H,5-13H2,1-4H3/t14?,15?,16-,18+,19+,20-,24+,25-,26-/m0/s1. The van der Waals surface area contributed by atoms with Crippen molar-refractivity contribution in [3.8, 4) is 0 Å². The molecular formula is C27H38F2O5. The molecule has 0 heterocycles. The first-order valence-electron chi connectivity index (χ1n) is 13.0. The van der Waals surface area contributed by atoms with E-state index in [9.17, 15) is 28.0 Å². The molecule has 0 amide bonds. The molecule has 0 aromatic heterocycles. The number of carbonyl (C=O) groups excluding carboxylic acids is 4. The van der Waals surface area contributed by atoms with Gasteiger partial charge in [-0.1, -0.05) is 13.8 Å². The van der Waals surface area contributed by atoms with E-state index in [0.29, 0.717) is 32.1 Å². The van der Waals surface area contributed by atoms with Crippen LogP contribution in [0.5, 0.6) is 0 Å². The van der Waals surface area contributed by atoms with Crippen molar-refractivity contribution in [2.45, 2.75) is 97.5 Å². The van der Waals surface area contributed by atoms with Gasteiger partial charge in [0.05, 0.1) is 0 Å². The van der Waals surface area contributed by atoms with Gasteiger partial charge in [0.25, 0.3) is 5.92 Å². The normalized spacial score (nSPS) is 39.6.